The highest BCUT2D eigenvalue weighted by atomic mass is 16.8. The molecular weight excluding hydrogens is 338 g/mol. The number of carbonyl (C=O) groups is 2. The van der Waals surface area contributed by atoms with Crippen molar-refractivity contribution in [1.29, 1.82) is 0 Å². The molecule has 26 heavy (non-hydrogen) atoms. The summed E-state index contributed by atoms with van der Waals surface area (Å²) in [5.74, 6) is -0.148. The first-order chi connectivity index (χ1) is 12.3. The Morgan fingerprint density at radius 3 is 2.46 bits per heavy atom. The first-order valence-electron chi connectivity index (χ1n) is 8.40. The van der Waals surface area contributed by atoms with E-state index in [0.717, 1.165) is 5.56 Å². The lowest BCUT2D eigenvalue weighted by molar-refractivity contribution is -0.143. The third kappa shape index (κ3) is 5.91. The number of hydrogen-bond acceptors (Lipinski definition) is 7. The topological polar surface area (TPSA) is 87.9 Å². The minimum absolute atomic E-state index is 0.0811. The molecule has 0 unspecified atom stereocenters. The molecule has 1 aromatic carbocycles. The van der Waals surface area contributed by atoms with Gasteiger partial charge < -0.3 is 18.6 Å². The van der Waals surface area contributed by atoms with Gasteiger partial charge in [0, 0.05) is 12.0 Å². The van der Waals surface area contributed by atoms with Crippen molar-refractivity contribution in [3.05, 3.63) is 36.0 Å². The van der Waals surface area contributed by atoms with Crippen LogP contribution in [-0.4, -0.2) is 29.3 Å². The second-order valence-corrected chi connectivity index (χ2v) is 6.49. The molecule has 140 valence electrons. The second kappa shape index (κ2) is 8.51. The highest BCUT2D eigenvalue weighted by molar-refractivity contribution is 5.70. The number of nitrogens with zero attached hydrogens (tertiary/aromatic N) is 1. The molecule has 0 saturated carbocycles. The molecule has 0 saturated heterocycles. The summed E-state index contributed by atoms with van der Waals surface area (Å²) >= 11 is 0. The van der Waals surface area contributed by atoms with Gasteiger partial charge in [-0.05, 0) is 39.8 Å². The molecule has 0 N–H and O–H groups in total. The van der Waals surface area contributed by atoms with E-state index < -0.39 is 11.8 Å². The largest absolute Gasteiger partial charge is 0.516 e. The zero-order valence-corrected chi connectivity index (χ0v) is 15.4. The van der Waals surface area contributed by atoms with E-state index >= 15 is 0 Å². The van der Waals surface area contributed by atoms with Gasteiger partial charge in [-0.15, -0.1) is 0 Å². The Bertz CT molecular complexity index is 745. The van der Waals surface area contributed by atoms with Crippen LogP contribution in [-0.2, 0) is 20.7 Å². The predicted octanol–water partition coefficient (Wildman–Crippen LogP) is 4.15. The molecule has 7 heteroatoms. The fraction of sp³-hybridized carbons (Fsp3) is 0.421. The van der Waals surface area contributed by atoms with E-state index in [4.69, 9.17) is 18.6 Å². The monoisotopic (exact) mass is 361 g/mol. The van der Waals surface area contributed by atoms with E-state index in [0.29, 0.717) is 18.2 Å². The molecule has 0 amide bonds. The Labute approximate surface area is 152 Å². The minimum atomic E-state index is -0.898. The summed E-state index contributed by atoms with van der Waals surface area (Å²) in [5, 5.41) is 0. The highest BCUT2D eigenvalue weighted by Gasteiger charge is 2.24. The van der Waals surface area contributed by atoms with Crippen molar-refractivity contribution in [2.45, 2.75) is 46.1 Å². The van der Waals surface area contributed by atoms with Crippen LogP contribution in [0.4, 0.5) is 4.79 Å². The number of aryl methyl sites for hydroxylation is 1. The van der Waals surface area contributed by atoms with Gasteiger partial charge in [0.05, 0.1) is 13.0 Å². The first-order valence-corrected chi connectivity index (χ1v) is 8.40. The fourth-order valence-corrected chi connectivity index (χ4v) is 2.08. The van der Waals surface area contributed by atoms with Gasteiger partial charge in [-0.25, -0.2) is 9.78 Å². The number of esters is 1. The zero-order chi connectivity index (χ0) is 19.2. The second-order valence-electron chi connectivity index (χ2n) is 6.49. The van der Waals surface area contributed by atoms with Gasteiger partial charge in [0.15, 0.2) is 0 Å². The van der Waals surface area contributed by atoms with Gasteiger partial charge in [-0.2, -0.15) is 0 Å². The molecule has 0 bridgehead atoms. The summed E-state index contributed by atoms with van der Waals surface area (Å²) in [7, 11) is 0. The number of benzene rings is 1. The zero-order valence-electron chi connectivity index (χ0n) is 15.4. The maximum absolute atomic E-state index is 11.9. The van der Waals surface area contributed by atoms with Crippen molar-refractivity contribution in [3.8, 4) is 17.4 Å². The summed E-state index contributed by atoms with van der Waals surface area (Å²) in [5.41, 5.74) is 0.372. The summed E-state index contributed by atoms with van der Waals surface area (Å²) < 4.78 is 20.8. The molecule has 0 atom stereocenters. The van der Waals surface area contributed by atoms with Gasteiger partial charge in [-0.3, -0.25) is 4.79 Å². The first kappa shape index (κ1) is 19.5. The van der Waals surface area contributed by atoms with E-state index in [-0.39, 0.29) is 24.8 Å². The van der Waals surface area contributed by atoms with Crippen LogP contribution in [0.5, 0.6) is 5.95 Å². The van der Waals surface area contributed by atoms with Crippen LogP contribution in [0.25, 0.3) is 11.5 Å². The number of oxazole rings is 1. The van der Waals surface area contributed by atoms with Crippen LogP contribution in [0.15, 0.2) is 34.7 Å². The van der Waals surface area contributed by atoms with Crippen molar-refractivity contribution in [3.63, 3.8) is 0 Å². The SMILES string of the molecule is CCOC(=O)CCc1nc(-c2ccccc2)oc1OC(=O)OC(C)(C)C. The van der Waals surface area contributed by atoms with E-state index in [1.54, 1.807) is 27.7 Å². The molecule has 0 aliphatic heterocycles. The van der Waals surface area contributed by atoms with Crippen molar-refractivity contribution in [2.24, 2.45) is 0 Å². The minimum Gasteiger partial charge on any atom is -0.466 e. The molecule has 1 aromatic heterocycles. The van der Waals surface area contributed by atoms with Gasteiger partial charge in [0.1, 0.15) is 11.3 Å². The fourth-order valence-electron chi connectivity index (χ4n) is 2.08. The van der Waals surface area contributed by atoms with Crippen LogP contribution >= 0.6 is 0 Å². The van der Waals surface area contributed by atoms with Gasteiger partial charge in [0.25, 0.3) is 0 Å². The maximum Gasteiger partial charge on any atom is 0.516 e. The van der Waals surface area contributed by atoms with Crippen LogP contribution in [0.2, 0.25) is 0 Å². The van der Waals surface area contributed by atoms with Crippen molar-refractivity contribution < 1.29 is 28.2 Å². The van der Waals surface area contributed by atoms with Crippen molar-refractivity contribution in [1.82, 2.24) is 4.98 Å². The number of aromatic nitrogens is 1. The molecule has 2 rings (SSSR count). The van der Waals surface area contributed by atoms with E-state index in [1.807, 2.05) is 30.3 Å². The molecule has 0 aliphatic carbocycles. The smallest absolute Gasteiger partial charge is 0.466 e. The van der Waals surface area contributed by atoms with Crippen LogP contribution < -0.4 is 4.74 Å². The van der Waals surface area contributed by atoms with Gasteiger partial charge in [-0.1, -0.05) is 18.2 Å². The summed E-state index contributed by atoms with van der Waals surface area (Å²) in [6.45, 7) is 7.22. The number of hydrogen-bond donors (Lipinski definition) is 0. The third-order valence-corrected chi connectivity index (χ3v) is 3.12. The van der Waals surface area contributed by atoms with E-state index in [2.05, 4.69) is 4.98 Å². The third-order valence-electron chi connectivity index (χ3n) is 3.12. The number of rotatable bonds is 6. The average molecular weight is 361 g/mol. The molecule has 0 aliphatic rings. The Balaban J connectivity index is 2.21. The molecule has 0 fully saturated rings. The molecule has 0 spiro atoms. The molecule has 0 radical (unpaired) electrons. The molecular formula is C19H23NO6. The Morgan fingerprint density at radius 2 is 1.85 bits per heavy atom. The summed E-state index contributed by atoms with van der Waals surface area (Å²) in [6, 6.07) is 9.18. The van der Waals surface area contributed by atoms with Gasteiger partial charge in [0.2, 0.25) is 5.89 Å². The van der Waals surface area contributed by atoms with Crippen LogP contribution in [0.3, 0.4) is 0 Å². The highest BCUT2D eigenvalue weighted by Crippen LogP contribution is 2.29. The van der Waals surface area contributed by atoms with Crippen molar-refractivity contribution >= 4 is 12.1 Å². The predicted molar refractivity (Wildman–Crippen MR) is 93.8 cm³/mol. The quantitative estimate of drug-likeness (QED) is 0.714. The maximum atomic E-state index is 11.9. The van der Waals surface area contributed by atoms with Gasteiger partial charge >= 0.3 is 18.1 Å². The lowest BCUT2D eigenvalue weighted by atomic mass is 10.2. The van der Waals surface area contributed by atoms with E-state index in [9.17, 15) is 9.59 Å². The molecule has 2 aromatic rings. The molecule has 7 nitrogen and oxygen atoms in total. The summed E-state index contributed by atoms with van der Waals surface area (Å²) in [4.78, 5) is 27.9. The van der Waals surface area contributed by atoms with E-state index in [1.165, 1.54) is 0 Å². The Hall–Kier alpha value is -2.83. The Kier molecular flexibility index (Phi) is 6.38. The normalized spacial score (nSPS) is 11.1. The summed E-state index contributed by atoms with van der Waals surface area (Å²) in [6.07, 6.45) is -0.585. The average Bonchev–Trinajstić information content (AvgIpc) is 2.95. The van der Waals surface area contributed by atoms with Crippen LogP contribution in [0, 0.1) is 0 Å². The van der Waals surface area contributed by atoms with Crippen LogP contribution in [0.1, 0.15) is 39.8 Å². The number of ether oxygens (including phenoxy) is 3. The standard InChI is InChI=1S/C19H23NO6/c1-5-23-15(21)12-11-14-17(25-18(22)26-19(2,3)4)24-16(20-14)13-9-7-6-8-10-13/h6-10H,5,11-12H2,1-4H3. The molecule has 1 heterocycles. The lowest BCUT2D eigenvalue weighted by Gasteiger charge is -2.18. The Morgan fingerprint density at radius 1 is 1.15 bits per heavy atom. The number of carbonyl (C=O) groups excluding carboxylic acids is 2. The van der Waals surface area contributed by atoms with Crippen molar-refractivity contribution in [2.75, 3.05) is 6.61 Å². The lowest BCUT2D eigenvalue weighted by Crippen LogP contribution is -2.26.